The number of phenols is 5. The number of hydrogen-bond donors (Lipinski definition) is 5. The molecule has 2 aromatic rings. The lowest BCUT2D eigenvalue weighted by Crippen LogP contribution is -2.04. The molecule has 2 rings (SSSR count). The predicted octanol–water partition coefficient (Wildman–Crippen LogP) is 2.40. The molecule has 0 amide bonds. The predicted molar refractivity (Wildman–Crippen MR) is 78.6 cm³/mol. The van der Waals surface area contributed by atoms with E-state index in [1.54, 1.807) is 0 Å². The summed E-state index contributed by atoms with van der Waals surface area (Å²) in [5.74, 6) is -3.40. The smallest absolute Gasteiger partial charge is 0.201 e. The number of carbonyl (C=O) groups excluding carboxylic acids is 1. The van der Waals surface area contributed by atoms with Crippen LogP contribution in [-0.4, -0.2) is 31.3 Å². The molecule has 0 fully saturated rings. The van der Waals surface area contributed by atoms with Gasteiger partial charge in [0.15, 0.2) is 11.5 Å². The lowest BCUT2D eigenvalue weighted by Gasteiger charge is -2.12. The molecule has 0 unspecified atom stereocenters. The van der Waals surface area contributed by atoms with Crippen LogP contribution in [0.3, 0.4) is 0 Å². The fourth-order valence-electron chi connectivity index (χ4n) is 2.19. The van der Waals surface area contributed by atoms with Crippen molar-refractivity contribution >= 4 is 5.78 Å². The van der Waals surface area contributed by atoms with E-state index >= 15 is 0 Å². The quantitative estimate of drug-likeness (QED) is 0.336. The molecule has 5 N–H and O–H groups in total. The number of phenolic OH excluding ortho intramolecular Hbond substituents is 5. The Labute approximate surface area is 126 Å². The van der Waals surface area contributed by atoms with E-state index in [4.69, 9.17) is 0 Å². The third kappa shape index (κ3) is 2.63. The van der Waals surface area contributed by atoms with Crippen LogP contribution in [0.4, 0.5) is 0 Å². The first kappa shape index (κ1) is 15.5. The van der Waals surface area contributed by atoms with Crippen LogP contribution >= 0.6 is 0 Å². The largest absolute Gasteiger partial charge is 0.508 e. The van der Waals surface area contributed by atoms with Gasteiger partial charge in [0, 0.05) is 0 Å². The van der Waals surface area contributed by atoms with Crippen molar-refractivity contribution in [2.75, 3.05) is 0 Å². The normalized spacial score (nSPS) is 10.6. The highest BCUT2D eigenvalue weighted by Crippen LogP contribution is 2.42. The Morgan fingerprint density at radius 3 is 2.23 bits per heavy atom. The van der Waals surface area contributed by atoms with Gasteiger partial charge >= 0.3 is 0 Å². The molecule has 0 aliphatic carbocycles. The number of ketones is 1. The molecule has 6 heteroatoms. The van der Waals surface area contributed by atoms with Crippen LogP contribution < -0.4 is 0 Å². The molecule has 116 valence electrons. The van der Waals surface area contributed by atoms with Gasteiger partial charge in [0.05, 0.1) is 11.1 Å². The van der Waals surface area contributed by atoms with Crippen molar-refractivity contribution in [3.63, 3.8) is 0 Å². The zero-order valence-electron chi connectivity index (χ0n) is 11.9. The summed E-state index contributed by atoms with van der Waals surface area (Å²) in [6.45, 7) is 1.85. The van der Waals surface area contributed by atoms with Crippen molar-refractivity contribution in [1.82, 2.24) is 0 Å². The highest BCUT2D eigenvalue weighted by molar-refractivity contribution is 6.13. The average Bonchev–Trinajstić information content (AvgIpc) is 2.49. The van der Waals surface area contributed by atoms with Gasteiger partial charge in [0.25, 0.3) is 0 Å². The minimum atomic E-state index is -0.783. The third-order valence-electron chi connectivity index (χ3n) is 3.32. The van der Waals surface area contributed by atoms with Crippen molar-refractivity contribution in [2.24, 2.45) is 0 Å². The second-order valence-electron chi connectivity index (χ2n) is 4.91. The highest BCUT2D eigenvalue weighted by atomic mass is 16.3. The molecule has 0 saturated heterocycles. The van der Waals surface area contributed by atoms with E-state index in [2.05, 4.69) is 0 Å². The van der Waals surface area contributed by atoms with E-state index < -0.39 is 23.0 Å². The van der Waals surface area contributed by atoms with E-state index in [0.717, 1.165) is 12.1 Å². The van der Waals surface area contributed by atoms with Gasteiger partial charge in [-0.2, -0.15) is 0 Å². The minimum Gasteiger partial charge on any atom is -0.508 e. The Morgan fingerprint density at radius 2 is 1.59 bits per heavy atom. The van der Waals surface area contributed by atoms with Crippen LogP contribution in [0.5, 0.6) is 28.7 Å². The van der Waals surface area contributed by atoms with Crippen molar-refractivity contribution in [3.8, 4) is 28.7 Å². The zero-order valence-corrected chi connectivity index (χ0v) is 11.9. The molecular weight excluding hydrogens is 288 g/mol. The van der Waals surface area contributed by atoms with Crippen LogP contribution in [0.15, 0.2) is 24.3 Å². The fourth-order valence-corrected chi connectivity index (χ4v) is 2.19. The molecule has 0 atom stereocenters. The van der Waals surface area contributed by atoms with E-state index in [9.17, 15) is 30.3 Å². The molecule has 0 aromatic heterocycles. The molecule has 6 nitrogen and oxygen atoms in total. The van der Waals surface area contributed by atoms with Gasteiger partial charge < -0.3 is 25.5 Å². The van der Waals surface area contributed by atoms with Crippen molar-refractivity contribution in [2.45, 2.75) is 19.8 Å². The van der Waals surface area contributed by atoms with Crippen LogP contribution in [0.25, 0.3) is 0 Å². The van der Waals surface area contributed by atoms with Gasteiger partial charge in [-0.25, -0.2) is 0 Å². The lowest BCUT2D eigenvalue weighted by atomic mass is 9.96. The van der Waals surface area contributed by atoms with E-state index in [1.807, 2.05) is 6.92 Å². The summed E-state index contributed by atoms with van der Waals surface area (Å²) in [7, 11) is 0. The summed E-state index contributed by atoms with van der Waals surface area (Å²) in [6.07, 6.45) is 1.05. The van der Waals surface area contributed by atoms with Gasteiger partial charge in [0.2, 0.25) is 11.5 Å². The molecule has 0 heterocycles. The molecule has 0 saturated carbocycles. The van der Waals surface area contributed by atoms with Crippen molar-refractivity contribution in [3.05, 3.63) is 41.0 Å². The first-order valence-electron chi connectivity index (χ1n) is 6.70. The number of rotatable bonds is 4. The molecule has 0 aliphatic rings. The van der Waals surface area contributed by atoms with E-state index in [0.29, 0.717) is 18.4 Å². The molecular formula is C16H16O6. The number of carbonyl (C=O) groups is 1. The van der Waals surface area contributed by atoms with Gasteiger partial charge in [-0.05, 0) is 36.2 Å². The Kier molecular flexibility index (Phi) is 4.12. The van der Waals surface area contributed by atoms with Crippen LogP contribution in [0, 0.1) is 0 Å². The summed E-state index contributed by atoms with van der Waals surface area (Å²) < 4.78 is 0. The monoisotopic (exact) mass is 304 g/mol. The minimum absolute atomic E-state index is 0.220. The molecule has 22 heavy (non-hydrogen) atoms. The van der Waals surface area contributed by atoms with Crippen molar-refractivity contribution < 1.29 is 30.3 Å². The second-order valence-corrected chi connectivity index (χ2v) is 4.91. The number of benzene rings is 2. The molecule has 0 radical (unpaired) electrons. The van der Waals surface area contributed by atoms with Crippen LogP contribution in [-0.2, 0) is 6.42 Å². The number of aromatic hydroxyl groups is 5. The maximum absolute atomic E-state index is 12.4. The summed E-state index contributed by atoms with van der Waals surface area (Å²) in [4.78, 5) is 12.4. The number of hydrogen-bond acceptors (Lipinski definition) is 6. The number of aryl methyl sites for hydroxylation is 1. The first-order chi connectivity index (χ1) is 10.4. The van der Waals surface area contributed by atoms with Gasteiger partial charge in [-0.1, -0.05) is 13.3 Å². The highest BCUT2D eigenvalue weighted by Gasteiger charge is 2.23. The molecule has 0 bridgehead atoms. The Morgan fingerprint density at radius 1 is 0.909 bits per heavy atom. The van der Waals surface area contributed by atoms with E-state index in [1.165, 1.54) is 12.1 Å². The molecule has 0 spiro atoms. The maximum atomic E-state index is 12.4. The first-order valence-corrected chi connectivity index (χ1v) is 6.70. The molecule has 2 aromatic carbocycles. The Balaban J connectivity index is 2.61. The maximum Gasteiger partial charge on any atom is 0.201 e. The fraction of sp³-hybridized carbons (Fsp3) is 0.188. The van der Waals surface area contributed by atoms with Gasteiger partial charge in [-0.15, -0.1) is 0 Å². The third-order valence-corrected chi connectivity index (χ3v) is 3.32. The Hall–Kier alpha value is -2.89. The van der Waals surface area contributed by atoms with Gasteiger partial charge in [0.1, 0.15) is 11.5 Å². The summed E-state index contributed by atoms with van der Waals surface area (Å²) in [5, 5.41) is 48.6. The average molecular weight is 304 g/mol. The van der Waals surface area contributed by atoms with Gasteiger partial charge in [-0.3, -0.25) is 4.79 Å². The molecule has 0 aliphatic heterocycles. The zero-order chi connectivity index (χ0) is 16.4. The van der Waals surface area contributed by atoms with Crippen molar-refractivity contribution in [1.29, 1.82) is 0 Å². The standard InChI is InChI=1S/C16H16O6/c1-2-3-8-6-11(15(21)16(22)13(8)19)14(20)10-7-9(17)4-5-12(10)18/h4-7,17-19,21-22H,2-3H2,1H3. The van der Waals surface area contributed by atoms with Crippen LogP contribution in [0.1, 0.15) is 34.8 Å². The second kappa shape index (κ2) is 5.85. The topological polar surface area (TPSA) is 118 Å². The summed E-state index contributed by atoms with van der Waals surface area (Å²) >= 11 is 0. The SMILES string of the molecule is CCCc1cc(C(=O)c2cc(O)ccc2O)c(O)c(O)c1O. The van der Waals surface area contributed by atoms with Crippen LogP contribution in [0.2, 0.25) is 0 Å². The lowest BCUT2D eigenvalue weighted by molar-refractivity contribution is 0.103. The summed E-state index contributed by atoms with van der Waals surface area (Å²) in [5.41, 5.74) is -0.178. The summed E-state index contributed by atoms with van der Waals surface area (Å²) in [6, 6.07) is 4.68. The van der Waals surface area contributed by atoms with E-state index in [-0.39, 0.29) is 22.6 Å². The Bertz CT molecular complexity index is 736.